The SMILES string of the molecule is C=CC(=O)Oc1ccc(N(c2ccc(-c3ccccc3)cc2)c2ccc(-c3ccccc3)cc2)cc1. The van der Waals surface area contributed by atoms with Crippen LogP contribution in [0.15, 0.2) is 146 Å². The van der Waals surface area contributed by atoms with Gasteiger partial charge in [-0.1, -0.05) is 91.5 Å². The lowest BCUT2D eigenvalue weighted by Crippen LogP contribution is -2.10. The third kappa shape index (κ3) is 5.11. The third-order valence-corrected chi connectivity index (χ3v) is 5.95. The van der Waals surface area contributed by atoms with Crippen LogP contribution in [0.3, 0.4) is 0 Å². The van der Waals surface area contributed by atoms with Crippen molar-refractivity contribution in [1.82, 2.24) is 0 Å². The summed E-state index contributed by atoms with van der Waals surface area (Å²) in [4.78, 5) is 13.8. The van der Waals surface area contributed by atoms with Gasteiger partial charge in [-0.2, -0.15) is 0 Å². The van der Waals surface area contributed by atoms with Crippen LogP contribution in [0.4, 0.5) is 17.1 Å². The van der Waals surface area contributed by atoms with Crippen molar-refractivity contribution < 1.29 is 9.53 Å². The van der Waals surface area contributed by atoms with Crippen molar-refractivity contribution in [3.63, 3.8) is 0 Å². The molecule has 0 radical (unpaired) electrons. The second-order valence-electron chi connectivity index (χ2n) is 8.28. The summed E-state index contributed by atoms with van der Waals surface area (Å²) in [6.07, 6.45) is 1.16. The summed E-state index contributed by atoms with van der Waals surface area (Å²) in [6, 6.07) is 45.2. The molecule has 0 spiro atoms. The average molecular weight is 468 g/mol. The number of anilines is 3. The van der Waals surface area contributed by atoms with Gasteiger partial charge >= 0.3 is 5.97 Å². The Morgan fingerprint density at radius 3 is 1.28 bits per heavy atom. The van der Waals surface area contributed by atoms with E-state index in [1.54, 1.807) is 12.1 Å². The zero-order valence-electron chi connectivity index (χ0n) is 19.7. The number of benzene rings is 5. The lowest BCUT2D eigenvalue weighted by molar-refractivity contribution is -0.128. The predicted octanol–water partition coefficient (Wildman–Crippen LogP) is 8.58. The van der Waals surface area contributed by atoms with Crippen LogP contribution in [0.25, 0.3) is 22.3 Å². The minimum absolute atomic E-state index is 0.474. The number of rotatable bonds is 7. The molecule has 0 fully saturated rings. The largest absolute Gasteiger partial charge is 0.423 e. The van der Waals surface area contributed by atoms with Crippen LogP contribution < -0.4 is 9.64 Å². The highest BCUT2D eigenvalue weighted by molar-refractivity contribution is 5.84. The summed E-state index contributed by atoms with van der Waals surface area (Å²) in [5.74, 6) is -0.00458. The molecular weight excluding hydrogens is 442 g/mol. The van der Waals surface area contributed by atoms with Crippen LogP contribution in [0.5, 0.6) is 5.75 Å². The van der Waals surface area contributed by atoms with Gasteiger partial charge in [-0.25, -0.2) is 4.79 Å². The number of carbonyl (C=O) groups excluding carboxylic acids is 1. The van der Waals surface area contributed by atoms with Crippen molar-refractivity contribution in [2.45, 2.75) is 0 Å². The Morgan fingerprint density at radius 2 is 0.889 bits per heavy atom. The van der Waals surface area contributed by atoms with Crippen LogP contribution in [-0.2, 0) is 4.79 Å². The molecule has 0 saturated heterocycles. The van der Waals surface area contributed by atoms with Gasteiger partial charge in [-0.15, -0.1) is 0 Å². The predicted molar refractivity (Wildman–Crippen MR) is 148 cm³/mol. The molecular formula is C33H25NO2. The van der Waals surface area contributed by atoms with Crippen molar-refractivity contribution in [2.75, 3.05) is 4.90 Å². The molecule has 174 valence electrons. The monoisotopic (exact) mass is 467 g/mol. The second kappa shape index (κ2) is 10.6. The number of hydrogen-bond donors (Lipinski definition) is 0. The molecule has 5 rings (SSSR count). The van der Waals surface area contributed by atoms with E-state index in [4.69, 9.17) is 4.74 Å². The maximum atomic E-state index is 11.6. The topological polar surface area (TPSA) is 29.5 Å². The Kier molecular flexibility index (Phi) is 6.72. The minimum atomic E-state index is -0.479. The Balaban J connectivity index is 1.51. The molecule has 3 nitrogen and oxygen atoms in total. The third-order valence-electron chi connectivity index (χ3n) is 5.95. The number of hydrogen-bond acceptors (Lipinski definition) is 3. The molecule has 3 heteroatoms. The molecule has 0 heterocycles. The number of nitrogens with zero attached hydrogens (tertiary/aromatic N) is 1. The molecule has 5 aromatic carbocycles. The quantitative estimate of drug-likeness (QED) is 0.136. The lowest BCUT2D eigenvalue weighted by Gasteiger charge is -2.26. The van der Waals surface area contributed by atoms with Crippen molar-refractivity contribution in [1.29, 1.82) is 0 Å². The van der Waals surface area contributed by atoms with Crippen molar-refractivity contribution >= 4 is 23.0 Å². The first kappa shape index (κ1) is 22.9. The first-order valence-corrected chi connectivity index (χ1v) is 11.8. The van der Waals surface area contributed by atoms with E-state index in [-0.39, 0.29) is 0 Å². The van der Waals surface area contributed by atoms with Crippen molar-refractivity contribution in [3.8, 4) is 28.0 Å². The number of carbonyl (C=O) groups is 1. The Hall–Kier alpha value is -4.89. The van der Waals surface area contributed by atoms with Crippen LogP contribution in [0.1, 0.15) is 0 Å². The van der Waals surface area contributed by atoms with E-state index < -0.39 is 5.97 Å². The van der Waals surface area contributed by atoms with Crippen LogP contribution in [-0.4, -0.2) is 5.97 Å². The van der Waals surface area contributed by atoms with Gasteiger partial charge in [-0.3, -0.25) is 0 Å². The molecule has 0 N–H and O–H groups in total. The summed E-state index contributed by atoms with van der Waals surface area (Å²) < 4.78 is 5.26. The van der Waals surface area contributed by atoms with E-state index in [9.17, 15) is 4.79 Å². The molecule has 0 amide bonds. The summed E-state index contributed by atoms with van der Waals surface area (Å²) in [5, 5.41) is 0. The van der Waals surface area contributed by atoms with Crippen LogP contribution in [0, 0.1) is 0 Å². The van der Waals surface area contributed by atoms with E-state index in [1.165, 1.54) is 11.1 Å². The van der Waals surface area contributed by atoms with E-state index in [0.717, 1.165) is 34.3 Å². The first-order chi connectivity index (χ1) is 17.7. The summed E-state index contributed by atoms with van der Waals surface area (Å²) in [7, 11) is 0. The van der Waals surface area contributed by atoms with E-state index in [0.29, 0.717) is 5.75 Å². The Morgan fingerprint density at radius 1 is 0.528 bits per heavy atom. The Bertz CT molecular complexity index is 1360. The molecule has 0 unspecified atom stereocenters. The standard InChI is InChI=1S/C33H25NO2/c1-2-33(35)36-32-23-21-31(22-24-32)34(29-17-13-27(14-18-29)25-9-5-3-6-10-25)30-19-15-28(16-20-30)26-11-7-4-8-12-26/h2-24H,1H2. The first-order valence-electron chi connectivity index (χ1n) is 11.8. The molecule has 0 aliphatic rings. The van der Waals surface area contributed by atoms with Gasteiger partial charge in [0.25, 0.3) is 0 Å². The summed E-state index contributed by atoms with van der Waals surface area (Å²) in [6.45, 7) is 3.46. The van der Waals surface area contributed by atoms with Gasteiger partial charge in [-0.05, 0) is 70.8 Å². The minimum Gasteiger partial charge on any atom is -0.423 e. The maximum absolute atomic E-state index is 11.6. The second-order valence-corrected chi connectivity index (χ2v) is 8.28. The zero-order valence-corrected chi connectivity index (χ0v) is 19.7. The normalized spacial score (nSPS) is 10.4. The van der Waals surface area contributed by atoms with E-state index in [1.807, 2.05) is 48.5 Å². The van der Waals surface area contributed by atoms with Crippen molar-refractivity contribution in [3.05, 3.63) is 146 Å². The molecule has 0 atom stereocenters. The van der Waals surface area contributed by atoms with Crippen LogP contribution in [0.2, 0.25) is 0 Å². The van der Waals surface area contributed by atoms with E-state index in [2.05, 4.69) is 84.3 Å². The fourth-order valence-corrected chi connectivity index (χ4v) is 4.14. The summed E-state index contributed by atoms with van der Waals surface area (Å²) >= 11 is 0. The highest BCUT2D eigenvalue weighted by atomic mass is 16.5. The average Bonchev–Trinajstić information content (AvgIpc) is 2.96. The molecule has 36 heavy (non-hydrogen) atoms. The molecule has 0 aliphatic carbocycles. The fourth-order valence-electron chi connectivity index (χ4n) is 4.14. The summed E-state index contributed by atoms with van der Waals surface area (Å²) in [5.41, 5.74) is 7.67. The molecule has 5 aromatic rings. The molecule has 0 bridgehead atoms. The van der Waals surface area contributed by atoms with Gasteiger partial charge in [0.2, 0.25) is 0 Å². The highest BCUT2D eigenvalue weighted by Crippen LogP contribution is 2.37. The smallest absolute Gasteiger partial charge is 0.335 e. The van der Waals surface area contributed by atoms with Gasteiger partial charge in [0, 0.05) is 23.1 Å². The van der Waals surface area contributed by atoms with Crippen molar-refractivity contribution in [2.24, 2.45) is 0 Å². The van der Waals surface area contributed by atoms with Gasteiger partial charge in [0.15, 0.2) is 0 Å². The molecule has 0 aromatic heterocycles. The van der Waals surface area contributed by atoms with Gasteiger partial charge in [0.1, 0.15) is 5.75 Å². The van der Waals surface area contributed by atoms with Crippen LogP contribution >= 0.6 is 0 Å². The Labute approximate surface area is 211 Å². The maximum Gasteiger partial charge on any atom is 0.335 e. The number of esters is 1. The van der Waals surface area contributed by atoms with Gasteiger partial charge < -0.3 is 9.64 Å². The zero-order chi connectivity index (χ0) is 24.7. The van der Waals surface area contributed by atoms with Gasteiger partial charge in [0.05, 0.1) is 0 Å². The lowest BCUT2D eigenvalue weighted by atomic mass is 10.0. The molecule has 0 aliphatic heterocycles. The van der Waals surface area contributed by atoms with E-state index >= 15 is 0 Å². The fraction of sp³-hybridized carbons (Fsp3) is 0. The highest BCUT2D eigenvalue weighted by Gasteiger charge is 2.14. The molecule has 0 saturated carbocycles. The number of ether oxygens (including phenoxy) is 1.